The number of aldehydes is 1. The zero-order chi connectivity index (χ0) is 15.5. The molecule has 0 N–H and O–H groups in total. The maximum atomic E-state index is 13.5. The van der Waals surface area contributed by atoms with Crippen molar-refractivity contribution in [1.82, 2.24) is 25.2 Å². The van der Waals surface area contributed by atoms with E-state index in [0.29, 0.717) is 34.3 Å². The van der Waals surface area contributed by atoms with Crippen LogP contribution < -0.4 is 0 Å². The highest BCUT2D eigenvalue weighted by Gasteiger charge is 2.19. The summed E-state index contributed by atoms with van der Waals surface area (Å²) in [4.78, 5) is 11.2. The highest BCUT2D eigenvalue weighted by atomic mass is 32.1. The maximum absolute atomic E-state index is 13.5. The van der Waals surface area contributed by atoms with Crippen LogP contribution in [0.15, 0.2) is 24.3 Å². The first-order chi connectivity index (χ1) is 10.7. The molecule has 2 heterocycles. The quantitative estimate of drug-likeness (QED) is 0.668. The molecule has 0 fully saturated rings. The van der Waals surface area contributed by atoms with E-state index in [1.54, 1.807) is 19.2 Å². The highest BCUT2D eigenvalue weighted by Crippen LogP contribution is 2.26. The van der Waals surface area contributed by atoms with Crippen LogP contribution in [0, 0.1) is 5.82 Å². The Morgan fingerprint density at radius 3 is 2.95 bits per heavy atom. The summed E-state index contributed by atoms with van der Waals surface area (Å²) < 4.78 is 19.8. The van der Waals surface area contributed by atoms with Gasteiger partial charge < -0.3 is 4.74 Å². The Labute approximate surface area is 128 Å². The third kappa shape index (κ3) is 2.63. The highest BCUT2D eigenvalue weighted by molar-refractivity contribution is 7.13. The van der Waals surface area contributed by atoms with E-state index in [2.05, 4.69) is 20.5 Å². The van der Waals surface area contributed by atoms with Crippen LogP contribution in [-0.2, 0) is 11.3 Å². The third-order valence-electron chi connectivity index (χ3n) is 2.81. The first-order valence-electron chi connectivity index (χ1n) is 6.21. The Bertz CT molecular complexity index is 816. The molecule has 3 rings (SSSR count). The molecule has 0 bridgehead atoms. The average Bonchev–Trinajstić information content (AvgIpc) is 3.13. The van der Waals surface area contributed by atoms with Crippen molar-refractivity contribution >= 4 is 17.6 Å². The molecule has 0 saturated heterocycles. The topological polar surface area (TPSA) is 82.8 Å². The van der Waals surface area contributed by atoms with Crippen molar-refractivity contribution in [2.24, 2.45) is 0 Å². The fourth-order valence-electron chi connectivity index (χ4n) is 1.92. The number of methoxy groups -OCH3 is 1. The van der Waals surface area contributed by atoms with Gasteiger partial charge in [-0.15, -0.1) is 15.3 Å². The molecule has 0 radical (unpaired) electrons. The first-order valence-corrected chi connectivity index (χ1v) is 7.03. The standard InChI is InChI=1S/C13H10FN5O2S/c1-21-7-11-16-17-13(22-11)19-12(10(6-20)15-18-19)8-3-2-4-9(14)5-8/h2-6H,7H2,1H3. The maximum Gasteiger partial charge on any atom is 0.234 e. The number of carbonyl (C=O) groups excluding carboxylic acids is 1. The number of ether oxygens (including phenoxy) is 1. The van der Waals surface area contributed by atoms with Crippen LogP contribution in [0.4, 0.5) is 4.39 Å². The Kier molecular flexibility index (Phi) is 3.98. The van der Waals surface area contributed by atoms with Gasteiger partial charge in [-0.05, 0) is 12.1 Å². The van der Waals surface area contributed by atoms with Crippen LogP contribution in [0.3, 0.4) is 0 Å². The molecule has 0 unspecified atom stereocenters. The minimum Gasteiger partial charge on any atom is -0.377 e. The lowest BCUT2D eigenvalue weighted by Gasteiger charge is -2.03. The molecular formula is C13H10FN5O2S. The van der Waals surface area contributed by atoms with Crippen molar-refractivity contribution in [2.75, 3.05) is 7.11 Å². The molecule has 0 saturated carbocycles. The van der Waals surface area contributed by atoms with Gasteiger partial charge >= 0.3 is 0 Å². The van der Waals surface area contributed by atoms with E-state index < -0.39 is 5.82 Å². The number of carbonyl (C=O) groups is 1. The predicted molar refractivity (Wildman–Crippen MR) is 76.3 cm³/mol. The molecule has 1 aromatic carbocycles. The molecule has 2 aromatic heterocycles. The van der Waals surface area contributed by atoms with Crippen LogP contribution >= 0.6 is 11.3 Å². The van der Waals surface area contributed by atoms with E-state index in [9.17, 15) is 9.18 Å². The Balaban J connectivity index is 2.12. The summed E-state index contributed by atoms with van der Waals surface area (Å²) in [7, 11) is 1.55. The fourth-order valence-corrected chi connectivity index (χ4v) is 2.69. The molecule has 0 amide bonds. The third-order valence-corrected chi connectivity index (χ3v) is 3.68. The van der Waals surface area contributed by atoms with E-state index >= 15 is 0 Å². The summed E-state index contributed by atoms with van der Waals surface area (Å²) in [6.07, 6.45) is 0.570. The number of halogens is 1. The number of aromatic nitrogens is 5. The summed E-state index contributed by atoms with van der Waals surface area (Å²) in [5.74, 6) is -0.417. The minimum absolute atomic E-state index is 0.106. The minimum atomic E-state index is -0.417. The van der Waals surface area contributed by atoms with E-state index in [-0.39, 0.29) is 5.69 Å². The van der Waals surface area contributed by atoms with Crippen molar-refractivity contribution in [3.63, 3.8) is 0 Å². The van der Waals surface area contributed by atoms with Gasteiger partial charge in [-0.1, -0.05) is 28.7 Å². The molecule has 112 valence electrons. The van der Waals surface area contributed by atoms with Crippen molar-refractivity contribution in [3.8, 4) is 16.4 Å². The van der Waals surface area contributed by atoms with Gasteiger partial charge in [-0.25, -0.2) is 4.39 Å². The van der Waals surface area contributed by atoms with Gasteiger partial charge in [0.25, 0.3) is 0 Å². The molecular weight excluding hydrogens is 309 g/mol. The van der Waals surface area contributed by atoms with Crippen molar-refractivity contribution in [2.45, 2.75) is 6.61 Å². The number of nitrogens with zero attached hydrogens (tertiary/aromatic N) is 5. The summed E-state index contributed by atoms with van der Waals surface area (Å²) in [5.41, 5.74) is 0.958. The van der Waals surface area contributed by atoms with Crippen LogP contribution in [0.25, 0.3) is 16.4 Å². The van der Waals surface area contributed by atoms with E-state index in [1.165, 1.54) is 28.2 Å². The predicted octanol–water partition coefficient (Wildman–Crippen LogP) is 1.88. The van der Waals surface area contributed by atoms with Gasteiger partial charge in [0.1, 0.15) is 23.1 Å². The Hall–Kier alpha value is -2.52. The zero-order valence-corrected chi connectivity index (χ0v) is 12.2. The van der Waals surface area contributed by atoms with Gasteiger partial charge in [0.05, 0.1) is 0 Å². The molecule has 7 nitrogen and oxygen atoms in total. The second-order valence-electron chi connectivity index (χ2n) is 4.27. The lowest BCUT2D eigenvalue weighted by molar-refractivity contribution is 0.111. The molecule has 0 atom stereocenters. The van der Waals surface area contributed by atoms with Gasteiger partial charge in [-0.2, -0.15) is 4.68 Å². The largest absolute Gasteiger partial charge is 0.377 e. The number of rotatable bonds is 5. The van der Waals surface area contributed by atoms with Gasteiger partial charge in [-0.3, -0.25) is 4.79 Å². The molecule has 0 aliphatic heterocycles. The second kappa shape index (κ2) is 6.08. The molecule has 9 heteroatoms. The number of benzene rings is 1. The molecule has 0 aliphatic rings. The van der Waals surface area contributed by atoms with Crippen LogP contribution in [0.2, 0.25) is 0 Å². The van der Waals surface area contributed by atoms with Crippen LogP contribution in [-0.4, -0.2) is 38.6 Å². The van der Waals surface area contributed by atoms with Crippen molar-refractivity contribution in [3.05, 3.63) is 40.8 Å². The number of hydrogen-bond donors (Lipinski definition) is 0. The van der Waals surface area contributed by atoms with Crippen molar-refractivity contribution < 1.29 is 13.9 Å². The molecule has 0 spiro atoms. The Morgan fingerprint density at radius 2 is 2.23 bits per heavy atom. The Morgan fingerprint density at radius 1 is 1.36 bits per heavy atom. The van der Waals surface area contributed by atoms with Gasteiger partial charge in [0, 0.05) is 12.7 Å². The smallest absolute Gasteiger partial charge is 0.234 e. The summed E-state index contributed by atoms with van der Waals surface area (Å²) in [6.45, 7) is 0.322. The molecule has 22 heavy (non-hydrogen) atoms. The summed E-state index contributed by atoms with van der Waals surface area (Å²) in [5, 5.41) is 16.8. The average molecular weight is 319 g/mol. The van der Waals surface area contributed by atoms with Gasteiger partial charge in [0.2, 0.25) is 5.13 Å². The molecule has 3 aromatic rings. The lowest BCUT2D eigenvalue weighted by Crippen LogP contribution is -2.00. The normalized spacial score (nSPS) is 10.8. The van der Waals surface area contributed by atoms with Crippen molar-refractivity contribution in [1.29, 1.82) is 0 Å². The number of hydrogen-bond acceptors (Lipinski definition) is 7. The molecule has 0 aliphatic carbocycles. The second-order valence-corrected chi connectivity index (χ2v) is 5.32. The summed E-state index contributed by atoms with van der Waals surface area (Å²) >= 11 is 1.25. The zero-order valence-electron chi connectivity index (χ0n) is 11.4. The van der Waals surface area contributed by atoms with E-state index in [1.807, 2.05) is 0 Å². The monoisotopic (exact) mass is 319 g/mol. The van der Waals surface area contributed by atoms with E-state index in [4.69, 9.17) is 4.74 Å². The van der Waals surface area contributed by atoms with Gasteiger partial charge in [0.15, 0.2) is 12.0 Å². The van der Waals surface area contributed by atoms with Crippen LogP contribution in [0.1, 0.15) is 15.5 Å². The lowest BCUT2D eigenvalue weighted by atomic mass is 10.1. The van der Waals surface area contributed by atoms with E-state index in [0.717, 1.165) is 0 Å². The first kappa shape index (κ1) is 14.4. The summed E-state index contributed by atoms with van der Waals surface area (Å²) in [6, 6.07) is 5.84. The fraction of sp³-hybridized carbons (Fsp3) is 0.154. The SMILES string of the molecule is COCc1nnc(-n2nnc(C=O)c2-c2cccc(F)c2)s1. The van der Waals surface area contributed by atoms with Crippen LogP contribution in [0.5, 0.6) is 0 Å².